The van der Waals surface area contributed by atoms with Gasteiger partial charge < -0.3 is 15.5 Å². The van der Waals surface area contributed by atoms with Gasteiger partial charge in [-0.1, -0.05) is 29.8 Å². The molecular weight excluding hydrogens is 304 g/mol. The van der Waals surface area contributed by atoms with E-state index in [1.807, 2.05) is 0 Å². The highest BCUT2D eigenvalue weighted by Gasteiger charge is 2.15. The second-order valence-corrected chi connectivity index (χ2v) is 5.09. The fourth-order valence-electron chi connectivity index (χ4n) is 2.05. The van der Waals surface area contributed by atoms with Gasteiger partial charge in [0, 0.05) is 11.1 Å². The molecule has 0 aliphatic heterocycles. The van der Waals surface area contributed by atoms with E-state index in [0.717, 1.165) is 0 Å². The first-order chi connectivity index (χ1) is 10.5. The molecular formula is C16H11ClN2O3. The number of carbonyl (C=O) groups is 1. The number of nitrogen functional groups attached to an aromatic ring is 1. The van der Waals surface area contributed by atoms with E-state index in [4.69, 9.17) is 21.8 Å². The summed E-state index contributed by atoms with van der Waals surface area (Å²) in [4.78, 5) is 24.2. The van der Waals surface area contributed by atoms with Gasteiger partial charge in [0.05, 0.1) is 10.7 Å². The van der Waals surface area contributed by atoms with Crippen LogP contribution >= 0.6 is 11.6 Å². The number of carbonyl (C=O) groups excluding carboxylic acids is 1. The maximum Gasteiger partial charge on any atom is 0.349 e. The first-order valence-corrected chi connectivity index (χ1v) is 6.81. The van der Waals surface area contributed by atoms with Gasteiger partial charge in [0.15, 0.2) is 0 Å². The normalized spacial score (nSPS) is 10.6. The van der Waals surface area contributed by atoms with Gasteiger partial charge in [-0.05, 0) is 30.3 Å². The molecule has 1 aromatic heterocycles. The Morgan fingerprint density at radius 3 is 2.73 bits per heavy atom. The molecule has 3 aromatic rings. The molecule has 0 aliphatic rings. The van der Waals surface area contributed by atoms with Crippen LogP contribution < -0.4 is 16.7 Å². The molecule has 0 fully saturated rings. The van der Waals surface area contributed by atoms with Gasteiger partial charge in [-0.3, -0.25) is 4.79 Å². The lowest BCUT2D eigenvalue weighted by atomic mass is 10.1. The molecule has 0 spiro atoms. The molecule has 1 amide bonds. The number of hydrogen-bond acceptors (Lipinski definition) is 4. The maximum absolute atomic E-state index is 12.3. The zero-order valence-electron chi connectivity index (χ0n) is 11.3. The van der Waals surface area contributed by atoms with Crippen molar-refractivity contribution in [2.45, 2.75) is 0 Å². The molecule has 22 heavy (non-hydrogen) atoms. The quantitative estimate of drug-likeness (QED) is 0.561. The summed E-state index contributed by atoms with van der Waals surface area (Å²) in [6.45, 7) is 0. The summed E-state index contributed by atoms with van der Waals surface area (Å²) in [5.74, 6) is -0.605. The Bertz CT molecular complexity index is 934. The highest BCUT2D eigenvalue weighted by atomic mass is 35.5. The number of fused-ring (bicyclic) bond motifs is 1. The van der Waals surface area contributed by atoms with E-state index in [0.29, 0.717) is 27.4 Å². The van der Waals surface area contributed by atoms with Crippen LogP contribution in [-0.4, -0.2) is 5.91 Å². The molecule has 0 aliphatic carbocycles. The van der Waals surface area contributed by atoms with E-state index in [1.165, 1.54) is 12.1 Å². The number of nitrogens with one attached hydrogen (secondary N) is 1. The van der Waals surface area contributed by atoms with Crippen molar-refractivity contribution in [1.82, 2.24) is 0 Å². The number of amides is 1. The zero-order chi connectivity index (χ0) is 15.7. The van der Waals surface area contributed by atoms with Crippen molar-refractivity contribution in [2.24, 2.45) is 0 Å². The lowest BCUT2D eigenvalue weighted by molar-refractivity contribution is 0.102. The molecule has 3 N–H and O–H groups in total. The summed E-state index contributed by atoms with van der Waals surface area (Å²) in [7, 11) is 0. The Balaban J connectivity index is 2.00. The Morgan fingerprint density at radius 2 is 1.91 bits per heavy atom. The highest BCUT2D eigenvalue weighted by molar-refractivity contribution is 6.34. The Hall–Kier alpha value is -2.79. The van der Waals surface area contributed by atoms with Gasteiger partial charge in [0.1, 0.15) is 11.1 Å². The number of para-hydroxylation sites is 1. The number of nitrogens with two attached hydrogens (primary N) is 1. The van der Waals surface area contributed by atoms with Crippen molar-refractivity contribution in [3.8, 4) is 0 Å². The highest BCUT2D eigenvalue weighted by Crippen LogP contribution is 2.24. The predicted molar refractivity (Wildman–Crippen MR) is 86.3 cm³/mol. The van der Waals surface area contributed by atoms with Crippen molar-refractivity contribution >= 4 is 39.9 Å². The summed E-state index contributed by atoms with van der Waals surface area (Å²) < 4.78 is 5.13. The van der Waals surface area contributed by atoms with Gasteiger partial charge in [-0.25, -0.2) is 4.79 Å². The van der Waals surface area contributed by atoms with Crippen LogP contribution in [0.25, 0.3) is 11.0 Å². The van der Waals surface area contributed by atoms with Crippen LogP contribution in [0.5, 0.6) is 0 Å². The Labute approximate surface area is 130 Å². The number of rotatable bonds is 2. The molecule has 6 heteroatoms. The van der Waals surface area contributed by atoms with Gasteiger partial charge in [0.2, 0.25) is 0 Å². The molecule has 0 saturated carbocycles. The van der Waals surface area contributed by atoms with E-state index in [1.54, 1.807) is 36.4 Å². The van der Waals surface area contributed by atoms with E-state index < -0.39 is 11.5 Å². The van der Waals surface area contributed by atoms with Crippen LogP contribution in [0.15, 0.2) is 57.7 Å². The van der Waals surface area contributed by atoms with Crippen LogP contribution in [0.4, 0.5) is 11.4 Å². The number of anilines is 2. The van der Waals surface area contributed by atoms with Crippen LogP contribution in [0.2, 0.25) is 5.02 Å². The molecule has 0 saturated heterocycles. The number of benzene rings is 2. The number of halogens is 1. The van der Waals surface area contributed by atoms with E-state index in [9.17, 15) is 9.59 Å². The van der Waals surface area contributed by atoms with E-state index in [-0.39, 0.29) is 5.56 Å². The SMILES string of the molecule is Nc1ccc(Cl)c(NC(=O)c2cc3ccccc3oc2=O)c1. The average molecular weight is 315 g/mol. The average Bonchev–Trinajstić information content (AvgIpc) is 2.50. The molecule has 0 bridgehead atoms. The molecule has 3 rings (SSSR count). The van der Waals surface area contributed by atoms with Gasteiger partial charge in [-0.15, -0.1) is 0 Å². The molecule has 1 heterocycles. The molecule has 0 radical (unpaired) electrons. The Morgan fingerprint density at radius 1 is 1.14 bits per heavy atom. The minimum Gasteiger partial charge on any atom is -0.422 e. The Kier molecular flexibility index (Phi) is 3.56. The van der Waals surface area contributed by atoms with E-state index >= 15 is 0 Å². The lowest BCUT2D eigenvalue weighted by Gasteiger charge is -2.08. The topological polar surface area (TPSA) is 85.3 Å². The molecule has 0 unspecified atom stereocenters. The second-order valence-electron chi connectivity index (χ2n) is 4.68. The van der Waals surface area contributed by atoms with Crippen molar-refractivity contribution in [1.29, 1.82) is 0 Å². The standard InChI is InChI=1S/C16H11ClN2O3/c17-12-6-5-10(18)8-13(12)19-15(20)11-7-9-3-1-2-4-14(9)22-16(11)21/h1-8H,18H2,(H,19,20). The lowest BCUT2D eigenvalue weighted by Crippen LogP contribution is -2.20. The molecule has 2 aromatic carbocycles. The fraction of sp³-hybridized carbons (Fsp3) is 0. The summed E-state index contributed by atoms with van der Waals surface area (Å²) in [6.07, 6.45) is 0. The minimum atomic E-state index is -0.712. The van der Waals surface area contributed by atoms with Gasteiger partial charge in [-0.2, -0.15) is 0 Å². The monoisotopic (exact) mass is 314 g/mol. The maximum atomic E-state index is 12.3. The minimum absolute atomic E-state index is 0.0998. The second kappa shape index (κ2) is 5.54. The summed E-state index contributed by atoms with van der Waals surface area (Å²) in [5.41, 5.74) is 6.05. The third-order valence-corrected chi connectivity index (χ3v) is 3.45. The smallest absolute Gasteiger partial charge is 0.349 e. The summed E-state index contributed by atoms with van der Waals surface area (Å²) >= 11 is 5.99. The first kappa shape index (κ1) is 14.2. The molecule has 0 atom stereocenters. The molecule has 5 nitrogen and oxygen atoms in total. The van der Waals surface area contributed by atoms with Crippen LogP contribution in [0.3, 0.4) is 0 Å². The third-order valence-electron chi connectivity index (χ3n) is 3.12. The number of hydrogen-bond donors (Lipinski definition) is 2. The zero-order valence-corrected chi connectivity index (χ0v) is 12.1. The third kappa shape index (κ3) is 2.66. The fourth-order valence-corrected chi connectivity index (χ4v) is 2.21. The van der Waals surface area contributed by atoms with Gasteiger partial charge in [0.25, 0.3) is 5.91 Å². The predicted octanol–water partition coefficient (Wildman–Crippen LogP) is 3.28. The van der Waals surface area contributed by atoms with Crippen LogP contribution in [0.1, 0.15) is 10.4 Å². The van der Waals surface area contributed by atoms with Crippen LogP contribution in [-0.2, 0) is 0 Å². The van der Waals surface area contributed by atoms with E-state index in [2.05, 4.69) is 5.32 Å². The van der Waals surface area contributed by atoms with Crippen molar-refractivity contribution < 1.29 is 9.21 Å². The largest absolute Gasteiger partial charge is 0.422 e. The summed E-state index contributed by atoms with van der Waals surface area (Å²) in [6, 6.07) is 13.1. The molecule has 110 valence electrons. The van der Waals surface area contributed by atoms with Crippen LogP contribution in [0, 0.1) is 0 Å². The van der Waals surface area contributed by atoms with Crippen molar-refractivity contribution in [3.63, 3.8) is 0 Å². The van der Waals surface area contributed by atoms with Gasteiger partial charge >= 0.3 is 5.63 Å². The first-order valence-electron chi connectivity index (χ1n) is 6.44. The van der Waals surface area contributed by atoms with Crippen molar-refractivity contribution in [2.75, 3.05) is 11.1 Å². The summed E-state index contributed by atoms with van der Waals surface area (Å²) in [5, 5.41) is 3.55. The van der Waals surface area contributed by atoms with Crippen molar-refractivity contribution in [3.05, 3.63) is 69.5 Å².